The number of ether oxygens (including phenoxy) is 1. The summed E-state index contributed by atoms with van der Waals surface area (Å²) in [5, 5.41) is 0. The van der Waals surface area contributed by atoms with Gasteiger partial charge in [-0.25, -0.2) is 12.8 Å². The number of halogens is 4. The number of anilines is 1. The second-order valence-corrected chi connectivity index (χ2v) is 7.68. The zero-order valence-electron chi connectivity index (χ0n) is 14.1. The summed E-state index contributed by atoms with van der Waals surface area (Å²) >= 11 is 0. The number of aryl methyl sites for hydroxylation is 1. The first kappa shape index (κ1) is 21.3. The highest BCUT2D eigenvalue weighted by molar-refractivity contribution is 7.92. The van der Waals surface area contributed by atoms with Gasteiger partial charge >= 0.3 is 6.61 Å². The molecule has 148 valence electrons. The Kier molecular flexibility index (Phi) is 6.61. The van der Waals surface area contributed by atoms with Crippen LogP contribution in [0.5, 0.6) is 5.75 Å². The van der Waals surface area contributed by atoms with Crippen LogP contribution in [0.25, 0.3) is 0 Å². The molecule has 0 amide bonds. The standard InChI is InChI=1S/C17H17F3N2O3S.ClH/c18-14-9-13(4-6-16(14)25-17(19)20)26(23,24)22-7-1-2-12-8-11(10-21)3-5-15(12)22;/h3-6,8-9,17H,1-2,7,10,21H2;1H. The molecule has 0 unspecified atom stereocenters. The molecule has 2 N–H and O–H groups in total. The molecular formula is C17H18ClF3N2O3S. The van der Waals surface area contributed by atoms with Gasteiger partial charge in [0.25, 0.3) is 10.0 Å². The number of hydrogen-bond acceptors (Lipinski definition) is 4. The molecule has 1 aliphatic rings. The molecule has 1 aliphatic heterocycles. The lowest BCUT2D eigenvalue weighted by Gasteiger charge is -2.31. The zero-order chi connectivity index (χ0) is 18.9. The van der Waals surface area contributed by atoms with Gasteiger partial charge in [0.1, 0.15) is 0 Å². The highest BCUT2D eigenvalue weighted by Crippen LogP contribution is 2.33. The van der Waals surface area contributed by atoms with Crippen molar-refractivity contribution < 1.29 is 26.3 Å². The van der Waals surface area contributed by atoms with E-state index in [1.165, 1.54) is 4.31 Å². The summed E-state index contributed by atoms with van der Waals surface area (Å²) in [7, 11) is -4.04. The monoisotopic (exact) mass is 422 g/mol. The fraction of sp³-hybridized carbons (Fsp3) is 0.294. The van der Waals surface area contributed by atoms with Crippen LogP contribution in [0, 0.1) is 5.82 Å². The minimum atomic E-state index is -4.04. The topological polar surface area (TPSA) is 72.6 Å². The SMILES string of the molecule is Cl.NCc1ccc2c(c1)CCCN2S(=O)(=O)c1ccc(OC(F)F)c(F)c1. The minimum Gasteiger partial charge on any atom is -0.432 e. The number of fused-ring (bicyclic) bond motifs is 1. The van der Waals surface area contributed by atoms with Gasteiger partial charge in [0.05, 0.1) is 10.6 Å². The molecule has 0 fully saturated rings. The fourth-order valence-electron chi connectivity index (χ4n) is 2.95. The largest absolute Gasteiger partial charge is 0.432 e. The van der Waals surface area contributed by atoms with E-state index < -0.39 is 28.2 Å². The van der Waals surface area contributed by atoms with Gasteiger partial charge in [0, 0.05) is 13.1 Å². The summed E-state index contributed by atoms with van der Waals surface area (Å²) in [5.74, 6) is -1.87. The molecule has 0 spiro atoms. The molecule has 0 radical (unpaired) electrons. The van der Waals surface area contributed by atoms with Gasteiger partial charge < -0.3 is 10.5 Å². The van der Waals surface area contributed by atoms with Crippen LogP contribution >= 0.6 is 12.4 Å². The van der Waals surface area contributed by atoms with E-state index in [0.29, 0.717) is 31.1 Å². The maximum absolute atomic E-state index is 13.9. The maximum atomic E-state index is 13.9. The van der Waals surface area contributed by atoms with Crippen LogP contribution in [0.3, 0.4) is 0 Å². The van der Waals surface area contributed by atoms with Crippen LogP contribution in [0.15, 0.2) is 41.3 Å². The Morgan fingerprint density at radius 1 is 1.19 bits per heavy atom. The third-order valence-electron chi connectivity index (χ3n) is 4.16. The lowest BCUT2D eigenvalue weighted by atomic mass is 10.0. The van der Waals surface area contributed by atoms with Crippen molar-refractivity contribution >= 4 is 28.1 Å². The number of rotatable bonds is 5. The van der Waals surface area contributed by atoms with Crippen LogP contribution < -0.4 is 14.8 Å². The second-order valence-electron chi connectivity index (χ2n) is 5.82. The highest BCUT2D eigenvalue weighted by Gasteiger charge is 2.30. The summed E-state index contributed by atoms with van der Waals surface area (Å²) in [6, 6.07) is 7.91. The van der Waals surface area contributed by atoms with E-state index in [1.54, 1.807) is 12.1 Å². The average Bonchev–Trinajstić information content (AvgIpc) is 2.61. The van der Waals surface area contributed by atoms with Crippen molar-refractivity contribution in [3.05, 3.63) is 53.3 Å². The number of alkyl halides is 2. The van der Waals surface area contributed by atoms with Crippen LogP contribution in [0.2, 0.25) is 0 Å². The lowest BCUT2D eigenvalue weighted by molar-refractivity contribution is -0.0522. The minimum absolute atomic E-state index is 0. The molecule has 0 atom stereocenters. The van der Waals surface area contributed by atoms with E-state index in [0.717, 1.165) is 23.3 Å². The quantitative estimate of drug-likeness (QED) is 0.801. The molecule has 0 saturated carbocycles. The summed E-state index contributed by atoms with van der Waals surface area (Å²) in [6.45, 7) is -2.61. The number of nitrogens with two attached hydrogens (primary N) is 1. The Labute approximate surface area is 161 Å². The molecule has 2 aromatic carbocycles. The molecule has 0 aliphatic carbocycles. The van der Waals surface area contributed by atoms with Gasteiger partial charge in [-0.3, -0.25) is 4.31 Å². The van der Waals surface area contributed by atoms with E-state index in [2.05, 4.69) is 4.74 Å². The van der Waals surface area contributed by atoms with Crippen LogP contribution in [0.1, 0.15) is 17.5 Å². The van der Waals surface area contributed by atoms with E-state index in [-0.39, 0.29) is 23.8 Å². The first-order chi connectivity index (χ1) is 12.3. The normalized spacial score (nSPS) is 13.9. The van der Waals surface area contributed by atoms with Gasteiger partial charge in [-0.05, 0) is 48.2 Å². The third kappa shape index (κ3) is 4.31. The van der Waals surface area contributed by atoms with Gasteiger partial charge in [-0.1, -0.05) is 12.1 Å². The maximum Gasteiger partial charge on any atom is 0.387 e. The van der Waals surface area contributed by atoms with Crippen molar-refractivity contribution in [3.8, 4) is 5.75 Å². The molecule has 2 aromatic rings. The number of sulfonamides is 1. The number of hydrogen-bond donors (Lipinski definition) is 1. The highest BCUT2D eigenvalue weighted by atomic mass is 35.5. The Balaban J connectivity index is 0.00000261. The van der Waals surface area contributed by atoms with Gasteiger partial charge in [-0.2, -0.15) is 8.78 Å². The number of nitrogens with zero attached hydrogens (tertiary/aromatic N) is 1. The summed E-state index contributed by atoms with van der Waals surface area (Å²) < 4.78 is 69.5. The first-order valence-corrected chi connectivity index (χ1v) is 9.36. The van der Waals surface area contributed by atoms with Crippen LogP contribution in [0.4, 0.5) is 18.9 Å². The first-order valence-electron chi connectivity index (χ1n) is 7.92. The Morgan fingerprint density at radius 2 is 1.93 bits per heavy atom. The van der Waals surface area contributed by atoms with Crippen LogP contribution in [-0.4, -0.2) is 21.6 Å². The predicted octanol–water partition coefficient (Wildman–Crippen LogP) is 3.45. The summed E-state index contributed by atoms with van der Waals surface area (Å²) in [4.78, 5) is -0.327. The molecule has 3 rings (SSSR count). The van der Waals surface area contributed by atoms with Gasteiger partial charge in [0.15, 0.2) is 11.6 Å². The Hall–Kier alpha value is -1.97. The fourth-order valence-corrected chi connectivity index (χ4v) is 4.51. The van der Waals surface area contributed by atoms with Crippen molar-refractivity contribution in [1.82, 2.24) is 0 Å². The predicted molar refractivity (Wildman–Crippen MR) is 97.5 cm³/mol. The van der Waals surface area contributed by atoms with Crippen LogP contribution in [-0.2, 0) is 23.0 Å². The lowest BCUT2D eigenvalue weighted by Crippen LogP contribution is -2.35. The van der Waals surface area contributed by atoms with Crippen molar-refractivity contribution in [1.29, 1.82) is 0 Å². The molecule has 0 bridgehead atoms. The molecule has 0 saturated heterocycles. The molecule has 10 heteroatoms. The smallest absolute Gasteiger partial charge is 0.387 e. The molecular weight excluding hydrogens is 405 g/mol. The van der Waals surface area contributed by atoms with E-state index in [4.69, 9.17) is 5.73 Å². The Morgan fingerprint density at radius 3 is 2.56 bits per heavy atom. The molecule has 27 heavy (non-hydrogen) atoms. The van der Waals surface area contributed by atoms with E-state index >= 15 is 0 Å². The third-order valence-corrected chi connectivity index (χ3v) is 5.97. The number of benzene rings is 2. The molecule has 5 nitrogen and oxygen atoms in total. The Bertz CT molecular complexity index is 926. The molecule has 0 aromatic heterocycles. The molecule has 1 heterocycles. The van der Waals surface area contributed by atoms with Crippen molar-refractivity contribution in [3.63, 3.8) is 0 Å². The zero-order valence-corrected chi connectivity index (χ0v) is 15.7. The van der Waals surface area contributed by atoms with Crippen molar-refractivity contribution in [2.24, 2.45) is 5.73 Å². The summed E-state index contributed by atoms with van der Waals surface area (Å²) in [5.41, 5.74) is 7.88. The van der Waals surface area contributed by atoms with Crippen molar-refractivity contribution in [2.45, 2.75) is 30.9 Å². The average molecular weight is 423 g/mol. The van der Waals surface area contributed by atoms with Gasteiger partial charge in [-0.15, -0.1) is 12.4 Å². The van der Waals surface area contributed by atoms with E-state index in [9.17, 15) is 21.6 Å². The van der Waals surface area contributed by atoms with Gasteiger partial charge in [0.2, 0.25) is 0 Å². The summed E-state index contributed by atoms with van der Waals surface area (Å²) in [6.07, 6.45) is 1.32. The second kappa shape index (κ2) is 8.37. The van der Waals surface area contributed by atoms with E-state index in [1.807, 2.05) is 6.07 Å². The van der Waals surface area contributed by atoms with Crippen molar-refractivity contribution in [2.75, 3.05) is 10.8 Å².